The van der Waals surface area contributed by atoms with E-state index in [1.54, 1.807) is 0 Å². The predicted octanol–water partition coefficient (Wildman–Crippen LogP) is 0.296. The highest BCUT2D eigenvalue weighted by atomic mass is 16.4. The van der Waals surface area contributed by atoms with E-state index < -0.39 is 11.9 Å². The van der Waals surface area contributed by atoms with E-state index >= 15 is 0 Å². The summed E-state index contributed by atoms with van der Waals surface area (Å²) in [6, 6.07) is 0. The van der Waals surface area contributed by atoms with Crippen LogP contribution in [0.25, 0.3) is 0 Å². The van der Waals surface area contributed by atoms with E-state index in [1.165, 1.54) is 0 Å². The van der Waals surface area contributed by atoms with E-state index in [9.17, 15) is 14.7 Å². The van der Waals surface area contributed by atoms with Crippen LogP contribution in [0.5, 0.6) is 0 Å². The molecule has 1 aliphatic rings. The number of hydrogen-bond acceptors (Lipinski definition) is 3. The van der Waals surface area contributed by atoms with E-state index in [-0.39, 0.29) is 12.0 Å². The smallest absolute Gasteiger partial charge is 0.328 e. The maximum absolute atomic E-state index is 11.2. The fourth-order valence-electron chi connectivity index (χ4n) is 2.00. The van der Waals surface area contributed by atoms with E-state index in [4.69, 9.17) is 5.11 Å². The molecule has 1 fully saturated rings. The molecule has 1 saturated carbocycles. The van der Waals surface area contributed by atoms with Crippen molar-refractivity contribution in [1.29, 1.82) is 0 Å². The molecule has 0 aromatic carbocycles. The van der Waals surface area contributed by atoms with Crippen molar-refractivity contribution in [2.75, 3.05) is 13.2 Å². The van der Waals surface area contributed by atoms with Gasteiger partial charge in [-0.1, -0.05) is 12.8 Å². The summed E-state index contributed by atoms with van der Waals surface area (Å²) in [4.78, 5) is 21.4. The van der Waals surface area contributed by atoms with Crippen molar-refractivity contribution in [3.8, 4) is 0 Å². The van der Waals surface area contributed by atoms with Gasteiger partial charge in [-0.2, -0.15) is 0 Å². The van der Waals surface area contributed by atoms with Gasteiger partial charge in [-0.05, 0) is 12.8 Å². The second-order valence-electron chi connectivity index (χ2n) is 4.25. The highest BCUT2D eigenvalue weighted by molar-refractivity contribution is 5.93. The lowest BCUT2D eigenvalue weighted by Gasteiger charge is -2.26. The molecule has 3 N–H and O–H groups in total. The maximum Gasteiger partial charge on any atom is 0.328 e. The van der Waals surface area contributed by atoms with Crippen LogP contribution in [-0.2, 0) is 9.59 Å². The quantitative estimate of drug-likeness (QED) is 0.589. The average Bonchev–Trinajstić information content (AvgIpc) is 2.73. The number of carboxylic acid groups (broad SMARTS) is 1. The van der Waals surface area contributed by atoms with Crippen LogP contribution >= 0.6 is 0 Å². The zero-order valence-corrected chi connectivity index (χ0v) is 9.11. The molecule has 0 bridgehead atoms. The molecule has 16 heavy (non-hydrogen) atoms. The highest BCUT2D eigenvalue weighted by Crippen LogP contribution is 2.36. The fourth-order valence-corrected chi connectivity index (χ4v) is 2.00. The molecule has 1 rings (SSSR count). The lowest BCUT2D eigenvalue weighted by Crippen LogP contribution is -2.37. The Kier molecular flexibility index (Phi) is 4.49. The Labute approximate surface area is 94.2 Å². The van der Waals surface area contributed by atoms with Gasteiger partial charge in [-0.15, -0.1) is 0 Å². The molecule has 0 aromatic heterocycles. The third-order valence-corrected chi connectivity index (χ3v) is 3.01. The Bertz CT molecular complexity index is 292. The molecule has 0 heterocycles. The summed E-state index contributed by atoms with van der Waals surface area (Å²) >= 11 is 0. The standard InChI is InChI=1S/C11H17NO4/c13-8-11(5-1-2-6-11)7-12-9(14)3-4-10(15)16/h3-4,13H,1-2,5-8H2,(H,12,14)(H,15,16)/b4-3+. The lowest BCUT2D eigenvalue weighted by atomic mass is 9.87. The van der Waals surface area contributed by atoms with Crippen molar-refractivity contribution in [3.05, 3.63) is 12.2 Å². The molecule has 0 radical (unpaired) electrons. The average molecular weight is 227 g/mol. The van der Waals surface area contributed by atoms with Crippen LogP contribution in [-0.4, -0.2) is 35.2 Å². The molecule has 5 nitrogen and oxygen atoms in total. The predicted molar refractivity (Wildman–Crippen MR) is 57.8 cm³/mol. The van der Waals surface area contributed by atoms with Gasteiger partial charge in [0.1, 0.15) is 0 Å². The first-order valence-corrected chi connectivity index (χ1v) is 5.38. The van der Waals surface area contributed by atoms with Gasteiger partial charge in [-0.25, -0.2) is 4.79 Å². The second kappa shape index (κ2) is 5.65. The van der Waals surface area contributed by atoms with Crippen LogP contribution in [0.15, 0.2) is 12.2 Å². The number of aliphatic hydroxyl groups is 1. The van der Waals surface area contributed by atoms with Crippen molar-refractivity contribution < 1.29 is 19.8 Å². The van der Waals surface area contributed by atoms with Crippen molar-refractivity contribution >= 4 is 11.9 Å². The molecule has 1 amide bonds. The number of carbonyl (C=O) groups excluding carboxylic acids is 1. The third-order valence-electron chi connectivity index (χ3n) is 3.01. The Hall–Kier alpha value is -1.36. The first-order chi connectivity index (χ1) is 7.58. The highest BCUT2D eigenvalue weighted by Gasteiger charge is 2.33. The maximum atomic E-state index is 11.2. The molecule has 1 aliphatic carbocycles. The van der Waals surface area contributed by atoms with Gasteiger partial charge in [0.2, 0.25) is 5.91 Å². The Morgan fingerprint density at radius 1 is 1.25 bits per heavy atom. The van der Waals surface area contributed by atoms with E-state index in [0.717, 1.165) is 37.8 Å². The van der Waals surface area contributed by atoms with Crippen LogP contribution in [0.1, 0.15) is 25.7 Å². The lowest BCUT2D eigenvalue weighted by molar-refractivity contribution is -0.131. The number of carbonyl (C=O) groups is 2. The van der Waals surface area contributed by atoms with Gasteiger partial charge >= 0.3 is 5.97 Å². The topological polar surface area (TPSA) is 86.6 Å². The zero-order valence-electron chi connectivity index (χ0n) is 9.11. The zero-order chi connectivity index (χ0) is 12.0. The van der Waals surface area contributed by atoms with Crippen molar-refractivity contribution in [2.24, 2.45) is 5.41 Å². The Morgan fingerprint density at radius 2 is 1.88 bits per heavy atom. The first kappa shape index (κ1) is 12.7. The number of rotatable bonds is 5. The second-order valence-corrected chi connectivity index (χ2v) is 4.25. The van der Waals surface area contributed by atoms with Crippen LogP contribution < -0.4 is 5.32 Å². The van der Waals surface area contributed by atoms with Crippen molar-refractivity contribution in [2.45, 2.75) is 25.7 Å². The van der Waals surface area contributed by atoms with Gasteiger partial charge in [0.25, 0.3) is 0 Å². The van der Waals surface area contributed by atoms with E-state index in [1.807, 2.05) is 0 Å². The summed E-state index contributed by atoms with van der Waals surface area (Å²) in [5.74, 6) is -1.57. The summed E-state index contributed by atoms with van der Waals surface area (Å²) in [6.07, 6.45) is 5.75. The number of aliphatic carboxylic acids is 1. The minimum absolute atomic E-state index is 0.0654. The number of aliphatic hydroxyl groups excluding tert-OH is 1. The van der Waals surface area contributed by atoms with Crippen LogP contribution in [0.3, 0.4) is 0 Å². The van der Waals surface area contributed by atoms with Crippen LogP contribution in [0.4, 0.5) is 0 Å². The van der Waals surface area contributed by atoms with Gasteiger partial charge < -0.3 is 15.5 Å². The molecular formula is C11H17NO4. The Morgan fingerprint density at radius 3 is 2.38 bits per heavy atom. The number of amides is 1. The summed E-state index contributed by atoms with van der Waals surface area (Å²) in [5.41, 5.74) is -0.202. The summed E-state index contributed by atoms with van der Waals surface area (Å²) in [6.45, 7) is 0.474. The fraction of sp³-hybridized carbons (Fsp3) is 0.636. The number of hydrogen-bond donors (Lipinski definition) is 3. The molecule has 5 heteroatoms. The van der Waals surface area contributed by atoms with Gasteiger partial charge in [0.05, 0.1) is 6.61 Å². The summed E-state index contributed by atoms with van der Waals surface area (Å²) < 4.78 is 0. The Balaban J connectivity index is 2.38. The molecule has 0 aliphatic heterocycles. The number of carboxylic acids is 1. The first-order valence-electron chi connectivity index (χ1n) is 5.38. The van der Waals surface area contributed by atoms with Crippen LogP contribution in [0, 0.1) is 5.41 Å². The molecule has 0 unspecified atom stereocenters. The summed E-state index contributed by atoms with van der Waals surface area (Å²) in [7, 11) is 0. The van der Waals surface area contributed by atoms with Gasteiger partial charge in [0.15, 0.2) is 0 Å². The largest absolute Gasteiger partial charge is 0.478 e. The van der Waals surface area contributed by atoms with Gasteiger partial charge in [-0.3, -0.25) is 4.79 Å². The molecule has 0 atom stereocenters. The molecule has 0 aromatic rings. The minimum Gasteiger partial charge on any atom is -0.478 e. The normalized spacial score (nSPS) is 18.8. The molecule has 90 valence electrons. The minimum atomic E-state index is -1.15. The van der Waals surface area contributed by atoms with Crippen molar-refractivity contribution in [3.63, 3.8) is 0 Å². The molecular weight excluding hydrogens is 210 g/mol. The van der Waals surface area contributed by atoms with E-state index in [0.29, 0.717) is 6.54 Å². The van der Waals surface area contributed by atoms with E-state index in [2.05, 4.69) is 5.32 Å². The third kappa shape index (κ3) is 3.66. The number of nitrogens with one attached hydrogen (secondary N) is 1. The van der Waals surface area contributed by atoms with Crippen LogP contribution in [0.2, 0.25) is 0 Å². The summed E-state index contributed by atoms with van der Waals surface area (Å²) in [5, 5.41) is 20.2. The monoisotopic (exact) mass is 227 g/mol. The van der Waals surface area contributed by atoms with Crippen molar-refractivity contribution in [1.82, 2.24) is 5.32 Å². The molecule has 0 saturated heterocycles. The van der Waals surface area contributed by atoms with Gasteiger partial charge in [0, 0.05) is 24.1 Å². The molecule has 0 spiro atoms. The SMILES string of the molecule is O=C(O)/C=C/C(=O)NCC1(CO)CCCC1.